The van der Waals surface area contributed by atoms with Crippen LogP contribution in [-0.2, 0) is 4.79 Å². The number of carbonyl (C=O) groups is 1. The number of hydrogen-bond donors (Lipinski definition) is 1. The minimum absolute atomic E-state index is 0.0800. The maximum atomic E-state index is 11.0. The van der Waals surface area contributed by atoms with Gasteiger partial charge in [-0.05, 0) is 0 Å². The quantitative estimate of drug-likeness (QED) is 0.670. The minimum atomic E-state index is 0.0800. The zero-order chi connectivity index (χ0) is 8.39. The van der Waals surface area contributed by atoms with E-state index in [9.17, 15) is 4.79 Å². The van der Waals surface area contributed by atoms with E-state index in [2.05, 4.69) is 10.3 Å². The summed E-state index contributed by atoms with van der Waals surface area (Å²) in [5.41, 5.74) is 0. The van der Waals surface area contributed by atoms with Crippen molar-refractivity contribution >= 4 is 22.4 Å². The first kappa shape index (κ1) is 7.54. The number of aromatic nitrogens is 1. The molecule has 0 unspecified atom stereocenters. The summed E-state index contributed by atoms with van der Waals surface area (Å²) >= 11 is 1.57. The van der Waals surface area contributed by atoms with Crippen LogP contribution >= 0.6 is 11.3 Å². The van der Waals surface area contributed by atoms with E-state index < -0.39 is 0 Å². The zero-order valence-electron chi connectivity index (χ0n) is 6.49. The number of piperazine rings is 1. The van der Waals surface area contributed by atoms with Gasteiger partial charge in [0.2, 0.25) is 5.91 Å². The lowest BCUT2D eigenvalue weighted by Gasteiger charge is -2.25. The first-order chi connectivity index (χ1) is 5.86. The van der Waals surface area contributed by atoms with Crippen molar-refractivity contribution in [1.29, 1.82) is 0 Å². The highest BCUT2D eigenvalue weighted by Crippen LogP contribution is 2.17. The number of carbonyl (C=O) groups excluding carboxylic acids is 1. The Kier molecular flexibility index (Phi) is 1.95. The maximum absolute atomic E-state index is 11.0. The molecule has 0 spiro atoms. The fourth-order valence-electron chi connectivity index (χ4n) is 1.17. The molecule has 0 aliphatic carbocycles. The second kappa shape index (κ2) is 3.10. The summed E-state index contributed by atoms with van der Waals surface area (Å²) in [6.07, 6.45) is 1.76. The van der Waals surface area contributed by atoms with E-state index in [0.29, 0.717) is 6.54 Å². The van der Waals surface area contributed by atoms with E-state index >= 15 is 0 Å². The number of anilines is 1. The van der Waals surface area contributed by atoms with Gasteiger partial charge in [0.15, 0.2) is 5.13 Å². The van der Waals surface area contributed by atoms with Crippen LogP contribution in [0.25, 0.3) is 0 Å². The predicted molar refractivity (Wildman–Crippen MR) is 47.3 cm³/mol. The summed E-state index contributed by atoms with van der Waals surface area (Å²) in [7, 11) is 0. The van der Waals surface area contributed by atoms with Gasteiger partial charge in [0.1, 0.15) is 0 Å². The molecule has 0 atom stereocenters. The first-order valence-electron chi connectivity index (χ1n) is 3.77. The Hall–Kier alpha value is -1.10. The van der Waals surface area contributed by atoms with Crippen molar-refractivity contribution in [2.75, 3.05) is 24.5 Å². The van der Waals surface area contributed by atoms with Crippen molar-refractivity contribution in [3.63, 3.8) is 0 Å². The fraction of sp³-hybridized carbons (Fsp3) is 0.429. The molecule has 0 bridgehead atoms. The summed E-state index contributed by atoms with van der Waals surface area (Å²) in [6.45, 7) is 2.02. The molecule has 2 rings (SSSR count). The summed E-state index contributed by atoms with van der Waals surface area (Å²) in [5.74, 6) is 0.0800. The number of thiazole rings is 1. The molecule has 0 radical (unpaired) electrons. The van der Waals surface area contributed by atoms with Crippen molar-refractivity contribution in [2.45, 2.75) is 0 Å². The second-order valence-corrected chi connectivity index (χ2v) is 3.46. The van der Waals surface area contributed by atoms with Gasteiger partial charge in [-0.1, -0.05) is 0 Å². The van der Waals surface area contributed by atoms with E-state index in [0.717, 1.165) is 18.2 Å². The third kappa shape index (κ3) is 1.40. The van der Waals surface area contributed by atoms with Crippen LogP contribution in [0.1, 0.15) is 0 Å². The van der Waals surface area contributed by atoms with E-state index in [-0.39, 0.29) is 5.91 Å². The van der Waals surface area contributed by atoms with Crippen LogP contribution < -0.4 is 10.2 Å². The van der Waals surface area contributed by atoms with Gasteiger partial charge in [0, 0.05) is 24.7 Å². The molecule has 64 valence electrons. The Bertz CT molecular complexity index is 272. The van der Waals surface area contributed by atoms with Gasteiger partial charge in [-0.3, -0.25) is 4.79 Å². The summed E-state index contributed by atoms with van der Waals surface area (Å²) in [5, 5.41) is 5.62. The molecule has 1 amide bonds. The summed E-state index contributed by atoms with van der Waals surface area (Å²) in [6, 6.07) is 0. The van der Waals surface area contributed by atoms with Crippen molar-refractivity contribution in [3.05, 3.63) is 11.6 Å². The summed E-state index contributed by atoms with van der Waals surface area (Å²) in [4.78, 5) is 17.1. The van der Waals surface area contributed by atoms with Crippen molar-refractivity contribution in [2.24, 2.45) is 0 Å². The highest BCUT2D eigenvalue weighted by Gasteiger charge is 2.17. The molecule has 0 aromatic carbocycles. The van der Waals surface area contributed by atoms with Gasteiger partial charge >= 0.3 is 0 Å². The molecule has 1 aromatic rings. The number of nitrogens with zero attached hydrogens (tertiary/aromatic N) is 2. The van der Waals surface area contributed by atoms with Crippen molar-refractivity contribution < 1.29 is 4.79 Å². The molecule has 1 N–H and O–H groups in total. The molecule has 12 heavy (non-hydrogen) atoms. The standard InChI is InChI=1S/C7H9N3OS/c11-6-5-10(3-1-8-6)7-9-2-4-12-7/h2,4H,1,3,5H2,(H,8,11). The zero-order valence-corrected chi connectivity index (χ0v) is 7.30. The Labute approximate surface area is 74.2 Å². The third-order valence-corrected chi connectivity index (χ3v) is 2.56. The Morgan fingerprint density at radius 3 is 3.25 bits per heavy atom. The topological polar surface area (TPSA) is 45.2 Å². The van der Waals surface area contributed by atoms with E-state index in [1.54, 1.807) is 17.5 Å². The molecular weight excluding hydrogens is 174 g/mol. The molecule has 1 aliphatic heterocycles. The van der Waals surface area contributed by atoms with Gasteiger partial charge < -0.3 is 10.2 Å². The summed E-state index contributed by atoms with van der Waals surface area (Å²) < 4.78 is 0. The fourth-order valence-corrected chi connectivity index (χ4v) is 1.84. The predicted octanol–water partition coefficient (Wildman–Crippen LogP) is 0.0793. The molecule has 1 saturated heterocycles. The third-order valence-electron chi connectivity index (χ3n) is 1.73. The molecule has 1 aromatic heterocycles. The average Bonchev–Trinajstić information content (AvgIpc) is 2.56. The highest BCUT2D eigenvalue weighted by atomic mass is 32.1. The van der Waals surface area contributed by atoms with Crippen LogP contribution in [0.15, 0.2) is 11.6 Å². The van der Waals surface area contributed by atoms with Gasteiger partial charge in [-0.2, -0.15) is 0 Å². The van der Waals surface area contributed by atoms with Crippen molar-refractivity contribution in [1.82, 2.24) is 10.3 Å². The number of nitrogens with one attached hydrogen (secondary N) is 1. The Morgan fingerprint density at radius 1 is 1.67 bits per heavy atom. The molecule has 4 nitrogen and oxygen atoms in total. The van der Waals surface area contributed by atoms with E-state index in [1.165, 1.54) is 0 Å². The highest BCUT2D eigenvalue weighted by molar-refractivity contribution is 7.13. The van der Waals surface area contributed by atoms with Gasteiger partial charge in [0.05, 0.1) is 6.54 Å². The smallest absolute Gasteiger partial charge is 0.239 e. The first-order valence-corrected chi connectivity index (χ1v) is 4.65. The lowest BCUT2D eigenvalue weighted by atomic mass is 10.4. The molecule has 1 aliphatic rings. The molecule has 2 heterocycles. The molecule has 5 heteroatoms. The number of amides is 1. The molecule has 0 saturated carbocycles. The van der Waals surface area contributed by atoms with Gasteiger partial charge in [-0.15, -0.1) is 11.3 Å². The maximum Gasteiger partial charge on any atom is 0.239 e. The van der Waals surface area contributed by atoms with Crippen LogP contribution in [0.4, 0.5) is 5.13 Å². The Morgan fingerprint density at radius 2 is 2.58 bits per heavy atom. The van der Waals surface area contributed by atoms with Crippen LogP contribution in [-0.4, -0.2) is 30.5 Å². The Balaban J connectivity index is 2.09. The van der Waals surface area contributed by atoms with Crippen LogP contribution in [0.5, 0.6) is 0 Å². The lowest BCUT2D eigenvalue weighted by Crippen LogP contribution is -2.47. The van der Waals surface area contributed by atoms with Crippen molar-refractivity contribution in [3.8, 4) is 0 Å². The SMILES string of the molecule is O=C1CN(c2nccs2)CCN1. The van der Waals surface area contributed by atoms with E-state index in [1.807, 2.05) is 10.3 Å². The number of hydrogen-bond acceptors (Lipinski definition) is 4. The largest absolute Gasteiger partial charge is 0.353 e. The molecule has 1 fully saturated rings. The van der Waals surface area contributed by atoms with Gasteiger partial charge in [0.25, 0.3) is 0 Å². The lowest BCUT2D eigenvalue weighted by molar-refractivity contribution is -0.120. The average molecular weight is 183 g/mol. The van der Waals surface area contributed by atoms with Crippen LogP contribution in [0, 0.1) is 0 Å². The van der Waals surface area contributed by atoms with E-state index in [4.69, 9.17) is 0 Å². The van der Waals surface area contributed by atoms with Crippen LogP contribution in [0.3, 0.4) is 0 Å². The van der Waals surface area contributed by atoms with Crippen LogP contribution in [0.2, 0.25) is 0 Å². The monoisotopic (exact) mass is 183 g/mol. The van der Waals surface area contributed by atoms with Gasteiger partial charge in [-0.25, -0.2) is 4.98 Å². The molecular formula is C7H9N3OS. The normalized spacial score (nSPS) is 17.7. The minimum Gasteiger partial charge on any atom is -0.353 e. The number of rotatable bonds is 1. The second-order valence-electron chi connectivity index (χ2n) is 2.59.